The standard InChI is InChI=1S/C21H30N4O3/c1-28-18-10-14(5-9-26)19-20(24-18)17(3-7-23-19)25-8-4-15-11-16(22)2-6-21(15,12-25)13-27/h3,7,10,15-16,26-27H,2,4-6,8-9,11-13,22H2,1H3/t15?,16-,21?/m0/s1. The van der Waals surface area contributed by atoms with E-state index in [2.05, 4.69) is 14.9 Å². The van der Waals surface area contributed by atoms with Gasteiger partial charge in [-0.1, -0.05) is 0 Å². The molecule has 0 radical (unpaired) electrons. The van der Waals surface area contributed by atoms with E-state index in [1.165, 1.54) is 0 Å². The lowest BCUT2D eigenvalue weighted by atomic mass is 9.62. The molecule has 2 aromatic rings. The van der Waals surface area contributed by atoms with Crippen LogP contribution in [-0.2, 0) is 6.42 Å². The van der Waals surface area contributed by atoms with Gasteiger partial charge in [0.15, 0.2) is 0 Å². The van der Waals surface area contributed by atoms with Crippen molar-refractivity contribution in [2.45, 2.75) is 38.1 Å². The van der Waals surface area contributed by atoms with Crippen LogP contribution in [0.5, 0.6) is 5.88 Å². The summed E-state index contributed by atoms with van der Waals surface area (Å²) in [6.07, 6.45) is 6.26. The Labute approximate surface area is 165 Å². The van der Waals surface area contributed by atoms with Gasteiger partial charge in [-0.2, -0.15) is 0 Å². The van der Waals surface area contributed by atoms with Crippen molar-refractivity contribution >= 4 is 16.7 Å². The van der Waals surface area contributed by atoms with Crippen molar-refractivity contribution in [2.24, 2.45) is 17.1 Å². The third kappa shape index (κ3) is 3.32. The second kappa shape index (κ2) is 7.81. The van der Waals surface area contributed by atoms with Crippen molar-refractivity contribution in [1.82, 2.24) is 9.97 Å². The molecule has 1 saturated heterocycles. The Kier molecular flexibility index (Phi) is 5.40. The first-order valence-corrected chi connectivity index (χ1v) is 10.1. The molecule has 0 spiro atoms. The van der Waals surface area contributed by atoms with Gasteiger partial charge in [0.1, 0.15) is 5.52 Å². The molecule has 0 amide bonds. The molecule has 7 nitrogen and oxygen atoms in total. The molecule has 0 bridgehead atoms. The van der Waals surface area contributed by atoms with E-state index in [0.717, 1.165) is 61.1 Å². The fourth-order valence-electron chi connectivity index (χ4n) is 5.10. The van der Waals surface area contributed by atoms with E-state index in [1.54, 1.807) is 13.3 Å². The number of hydrogen-bond donors (Lipinski definition) is 3. The molecule has 2 unspecified atom stereocenters. The Morgan fingerprint density at radius 2 is 2.18 bits per heavy atom. The average molecular weight is 386 g/mol. The molecular weight excluding hydrogens is 356 g/mol. The summed E-state index contributed by atoms with van der Waals surface area (Å²) >= 11 is 0. The molecule has 1 saturated carbocycles. The third-order valence-electron chi connectivity index (χ3n) is 6.69. The van der Waals surface area contributed by atoms with E-state index in [1.807, 2.05) is 12.1 Å². The highest BCUT2D eigenvalue weighted by Gasteiger charge is 2.46. The molecule has 7 heteroatoms. The number of fused-ring (bicyclic) bond motifs is 2. The Morgan fingerprint density at radius 1 is 1.32 bits per heavy atom. The molecule has 4 rings (SSSR count). The number of ether oxygens (including phenoxy) is 1. The summed E-state index contributed by atoms with van der Waals surface area (Å²) in [4.78, 5) is 11.6. The van der Waals surface area contributed by atoms with E-state index in [-0.39, 0.29) is 24.7 Å². The molecule has 2 fully saturated rings. The largest absolute Gasteiger partial charge is 0.481 e. The van der Waals surface area contributed by atoms with Crippen molar-refractivity contribution in [3.63, 3.8) is 0 Å². The van der Waals surface area contributed by atoms with Gasteiger partial charge in [-0.15, -0.1) is 0 Å². The minimum absolute atomic E-state index is 0.0491. The Bertz CT molecular complexity index is 846. The van der Waals surface area contributed by atoms with Crippen molar-refractivity contribution in [2.75, 3.05) is 38.3 Å². The Hall–Kier alpha value is -1.96. The van der Waals surface area contributed by atoms with Crippen LogP contribution in [0.1, 0.15) is 31.2 Å². The molecule has 3 atom stereocenters. The molecular formula is C21H30N4O3. The molecule has 2 aliphatic rings. The van der Waals surface area contributed by atoms with Crippen LogP contribution in [0.2, 0.25) is 0 Å². The van der Waals surface area contributed by atoms with Crippen LogP contribution in [0.4, 0.5) is 5.69 Å². The maximum absolute atomic E-state index is 10.3. The molecule has 28 heavy (non-hydrogen) atoms. The average Bonchev–Trinajstić information content (AvgIpc) is 2.73. The van der Waals surface area contributed by atoms with Crippen molar-refractivity contribution in [3.05, 3.63) is 23.9 Å². The molecule has 1 aliphatic carbocycles. The highest BCUT2D eigenvalue weighted by Crippen LogP contribution is 2.47. The van der Waals surface area contributed by atoms with E-state index in [4.69, 9.17) is 10.5 Å². The predicted octanol–water partition coefficient (Wildman–Crippen LogP) is 1.49. The van der Waals surface area contributed by atoms with E-state index in [9.17, 15) is 10.2 Å². The molecule has 3 heterocycles. The minimum atomic E-state index is -0.101. The first-order valence-electron chi connectivity index (χ1n) is 10.1. The fraction of sp³-hybridized carbons (Fsp3) is 0.619. The SMILES string of the molecule is COc1cc(CCO)c2nccc(N3CCC4C[C@@H](N)CCC4(CO)C3)c2n1. The van der Waals surface area contributed by atoms with Crippen molar-refractivity contribution in [1.29, 1.82) is 0 Å². The Balaban J connectivity index is 1.74. The van der Waals surface area contributed by atoms with Gasteiger partial charge < -0.3 is 25.6 Å². The second-order valence-corrected chi connectivity index (χ2v) is 8.29. The van der Waals surface area contributed by atoms with Crippen LogP contribution in [0.15, 0.2) is 18.3 Å². The number of nitrogens with zero attached hydrogens (tertiary/aromatic N) is 3. The summed E-state index contributed by atoms with van der Waals surface area (Å²) in [7, 11) is 1.60. The number of piperidine rings is 1. The lowest BCUT2D eigenvalue weighted by molar-refractivity contribution is 0.00617. The number of nitrogens with two attached hydrogens (primary N) is 1. The fourth-order valence-corrected chi connectivity index (χ4v) is 5.10. The number of aromatic nitrogens is 2. The zero-order chi connectivity index (χ0) is 19.7. The summed E-state index contributed by atoms with van der Waals surface area (Å²) < 4.78 is 5.40. The summed E-state index contributed by atoms with van der Waals surface area (Å²) in [5.41, 5.74) is 9.65. The zero-order valence-electron chi connectivity index (χ0n) is 16.5. The van der Waals surface area contributed by atoms with Crippen LogP contribution in [0, 0.1) is 11.3 Å². The van der Waals surface area contributed by atoms with Gasteiger partial charge in [-0.3, -0.25) is 4.98 Å². The topological polar surface area (TPSA) is 105 Å². The molecule has 4 N–H and O–H groups in total. The van der Waals surface area contributed by atoms with Crippen molar-refractivity contribution in [3.8, 4) is 5.88 Å². The lowest BCUT2D eigenvalue weighted by Gasteiger charge is -2.52. The van der Waals surface area contributed by atoms with Crippen LogP contribution >= 0.6 is 0 Å². The molecule has 152 valence electrons. The smallest absolute Gasteiger partial charge is 0.213 e. The van der Waals surface area contributed by atoms with Crippen LogP contribution in [-0.4, -0.2) is 59.6 Å². The minimum Gasteiger partial charge on any atom is -0.481 e. The van der Waals surface area contributed by atoms with E-state index in [0.29, 0.717) is 18.2 Å². The summed E-state index contributed by atoms with van der Waals surface area (Å²) in [6, 6.07) is 4.10. The predicted molar refractivity (Wildman–Crippen MR) is 109 cm³/mol. The Morgan fingerprint density at radius 3 is 2.93 bits per heavy atom. The normalized spacial score (nSPS) is 27.6. The highest BCUT2D eigenvalue weighted by atomic mass is 16.5. The molecule has 2 aromatic heterocycles. The van der Waals surface area contributed by atoms with Gasteiger partial charge in [0.05, 0.1) is 24.9 Å². The number of pyridine rings is 2. The number of aliphatic hydroxyl groups is 2. The first-order chi connectivity index (χ1) is 13.6. The summed E-state index contributed by atoms with van der Waals surface area (Å²) in [6.45, 7) is 1.95. The molecule has 1 aliphatic heterocycles. The van der Waals surface area contributed by atoms with Gasteiger partial charge in [-0.05, 0) is 49.7 Å². The third-order valence-corrected chi connectivity index (χ3v) is 6.69. The first kappa shape index (κ1) is 19.4. The maximum atomic E-state index is 10.3. The monoisotopic (exact) mass is 386 g/mol. The second-order valence-electron chi connectivity index (χ2n) is 8.29. The molecule has 0 aromatic carbocycles. The van der Waals surface area contributed by atoms with Gasteiger partial charge in [0.2, 0.25) is 5.88 Å². The van der Waals surface area contributed by atoms with Gasteiger partial charge in [-0.25, -0.2) is 4.98 Å². The summed E-state index contributed by atoms with van der Waals surface area (Å²) in [5, 5.41) is 19.7. The highest BCUT2D eigenvalue weighted by molar-refractivity contribution is 5.90. The van der Waals surface area contributed by atoms with Crippen LogP contribution in [0.25, 0.3) is 11.0 Å². The van der Waals surface area contributed by atoms with Crippen LogP contribution < -0.4 is 15.4 Å². The zero-order valence-corrected chi connectivity index (χ0v) is 16.5. The number of aliphatic hydroxyl groups excluding tert-OH is 2. The number of hydrogen-bond acceptors (Lipinski definition) is 7. The lowest BCUT2D eigenvalue weighted by Crippen LogP contribution is -2.55. The maximum Gasteiger partial charge on any atom is 0.213 e. The van der Waals surface area contributed by atoms with E-state index >= 15 is 0 Å². The number of methoxy groups -OCH3 is 1. The number of rotatable bonds is 5. The summed E-state index contributed by atoms with van der Waals surface area (Å²) in [5.74, 6) is 0.999. The van der Waals surface area contributed by atoms with Crippen LogP contribution in [0.3, 0.4) is 0 Å². The quantitative estimate of drug-likeness (QED) is 0.715. The van der Waals surface area contributed by atoms with Crippen molar-refractivity contribution < 1.29 is 14.9 Å². The van der Waals surface area contributed by atoms with E-state index < -0.39 is 0 Å². The van der Waals surface area contributed by atoms with Gasteiger partial charge in [0.25, 0.3) is 0 Å². The van der Waals surface area contributed by atoms with Gasteiger partial charge in [0, 0.05) is 43.4 Å². The van der Waals surface area contributed by atoms with Gasteiger partial charge >= 0.3 is 0 Å². The number of anilines is 1.